The summed E-state index contributed by atoms with van der Waals surface area (Å²) in [6.07, 6.45) is 0. The van der Waals surface area contributed by atoms with Gasteiger partial charge >= 0.3 is 0 Å². The number of hydrogen-bond acceptors (Lipinski definition) is 2. The standard InChI is InChI=1S/C59H63BN2/c1-56(2,3)42-23-29-46(30-24-42)61-50-33-27-44(58(7,8)9)37-48(50)60-49-38-45(59(10,11)12)28-34-51(49)62(47-31-25-43(26-32-47)57(4,5)6)53-36-41(35-52(61)55(53)60)54(39-19-15-13-16-20-39)40-21-17-14-18-22-40/h13-38,54H,1-12H3. The lowest BCUT2D eigenvalue weighted by molar-refractivity contribution is 0.590. The van der Waals surface area contributed by atoms with Crippen LogP contribution in [0.1, 0.15) is 128 Å². The van der Waals surface area contributed by atoms with E-state index < -0.39 is 0 Å². The van der Waals surface area contributed by atoms with Gasteiger partial charge in [-0.25, -0.2) is 0 Å². The van der Waals surface area contributed by atoms with Crippen molar-refractivity contribution in [1.82, 2.24) is 0 Å². The molecule has 0 bridgehead atoms. The van der Waals surface area contributed by atoms with Crippen LogP contribution in [0.15, 0.2) is 158 Å². The fourth-order valence-electron chi connectivity index (χ4n) is 9.77. The second kappa shape index (κ2) is 14.9. The Kier molecular flexibility index (Phi) is 10.0. The second-order valence-corrected chi connectivity index (χ2v) is 22.0. The summed E-state index contributed by atoms with van der Waals surface area (Å²) < 4.78 is 0. The van der Waals surface area contributed by atoms with E-state index in [1.807, 2.05) is 0 Å². The Labute approximate surface area is 372 Å². The van der Waals surface area contributed by atoms with E-state index >= 15 is 0 Å². The average molecular weight is 811 g/mol. The van der Waals surface area contributed by atoms with Crippen LogP contribution >= 0.6 is 0 Å². The van der Waals surface area contributed by atoms with Gasteiger partial charge in [0.15, 0.2) is 0 Å². The zero-order chi connectivity index (χ0) is 43.9. The molecular weight excluding hydrogens is 747 g/mol. The highest BCUT2D eigenvalue weighted by Crippen LogP contribution is 2.48. The molecule has 2 heterocycles. The third-order valence-corrected chi connectivity index (χ3v) is 13.4. The van der Waals surface area contributed by atoms with Crippen LogP contribution in [0.25, 0.3) is 0 Å². The summed E-state index contributed by atoms with van der Waals surface area (Å²) in [4.78, 5) is 5.17. The molecule has 0 unspecified atom stereocenters. The summed E-state index contributed by atoms with van der Waals surface area (Å²) in [7, 11) is 0. The Hall–Kier alpha value is -5.80. The third kappa shape index (κ3) is 7.38. The van der Waals surface area contributed by atoms with E-state index in [0.29, 0.717) is 0 Å². The van der Waals surface area contributed by atoms with Crippen LogP contribution in [0.2, 0.25) is 0 Å². The highest BCUT2D eigenvalue weighted by atomic mass is 15.2. The van der Waals surface area contributed by atoms with Gasteiger partial charge in [0.2, 0.25) is 0 Å². The van der Waals surface area contributed by atoms with Gasteiger partial charge in [-0.2, -0.15) is 0 Å². The molecule has 0 aliphatic carbocycles. The monoisotopic (exact) mass is 811 g/mol. The SMILES string of the molecule is CC(C)(C)c1ccc(N2c3ccc(C(C)(C)C)cc3B3c4cc(C(C)(C)C)ccc4N(c4ccc(C(C)(C)C)cc4)c4cc(C(c5ccccc5)c5ccccc5)cc2c43)cc1. The molecule has 2 nitrogen and oxygen atoms in total. The Balaban J connectivity index is 1.43. The number of benzene rings is 7. The lowest BCUT2D eigenvalue weighted by Gasteiger charge is -2.45. The lowest BCUT2D eigenvalue weighted by atomic mass is 9.33. The van der Waals surface area contributed by atoms with Crippen molar-refractivity contribution in [1.29, 1.82) is 0 Å². The van der Waals surface area contributed by atoms with E-state index in [4.69, 9.17) is 0 Å². The predicted octanol–water partition coefficient (Wildman–Crippen LogP) is 14.1. The third-order valence-electron chi connectivity index (χ3n) is 13.4. The van der Waals surface area contributed by atoms with Gasteiger partial charge in [-0.05, 0) is 126 Å². The van der Waals surface area contributed by atoms with E-state index in [9.17, 15) is 0 Å². The largest absolute Gasteiger partial charge is 0.311 e. The van der Waals surface area contributed by atoms with E-state index in [1.165, 1.54) is 89.5 Å². The van der Waals surface area contributed by atoms with Gasteiger partial charge in [0.25, 0.3) is 6.71 Å². The molecule has 312 valence electrons. The topological polar surface area (TPSA) is 6.48 Å². The molecule has 0 spiro atoms. The lowest BCUT2D eigenvalue weighted by Crippen LogP contribution is -2.61. The quantitative estimate of drug-likeness (QED) is 0.126. The van der Waals surface area contributed by atoms with Gasteiger partial charge < -0.3 is 9.80 Å². The molecule has 0 radical (unpaired) electrons. The zero-order valence-electron chi connectivity index (χ0n) is 39.1. The molecule has 0 amide bonds. The normalized spacial score (nSPS) is 13.9. The van der Waals surface area contributed by atoms with Crippen molar-refractivity contribution in [3.8, 4) is 0 Å². The van der Waals surface area contributed by atoms with E-state index in [0.717, 1.165) is 0 Å². The first kappa shape index (κ1) is 41.6. The van der Waals surface area contributed by atoms with Crippen LogP contribution < -0.4 is 26.2 Å². The van der Waals surface area contributed by atoms with Crippen LogP contribution in [-0.2, 0) is 21.7 Å². The highest BCUT2D eigenvalue weighted by Gasteiger charge is 2.45. The summed E-state index contributed by atoms with van der Waals surface area (Å²) in [6, 6.07) is 60.7. The van der Waals surface area contributed by atoms with Crippen molar-refractivity contribution in [2.75, 3.05) is 9.80 Å². The number of hydrogen-bond donors (Lipinski definition) is 0. The Morgan fingerprint density at radius 1 is 0.339 bits per heavy atom. The molecule has 0 fully saturated rings. The van der Waals surface area contributed by atoms with Crippen LogP contribution in [0.3, 0.4) is 0 Å². The number of nitrogens with zero attached hydrogens (tertiary/aromatic N) is 2. The molecule has 0 aromatic heterocycles. The smallest absolute Gasteiger partial charge is 0.252 e. The molecule has 2 aliphatic rings. The molecule has 0 saturated carbocycles. The molecular formula is C59H63BN2. The van der Waals surface area contributed by atoms with Gasteiger partial charge in [0.1, 0.15) is 0 Å². The molecule has 7 aromatic rings. The van der Waals surface area contributed by atoms with Crippen molar-refractivity contribution in [3.05, 3.63) is 197 Å². The Morgan fingerprint density at radius 3 is 1.02 bits per heavy atom. The van der Waals surface area contributed by atoms with Gasteiger partial charge in [0, 0.05) is 40.0 Å². The van der Waals surface area contributed by atoms with Crippen LogP contribution in [0, 0.1) is 0 Å². The van der Waals surface area contributed by atoms with E-state index in [1.54, 1.807) is 0 Å². The van der Waals surface area contributed by atoms with Crippen LogP contribution in [-0.4, -0.2) is 6.71 Å². The average Bonchev–Trinajstić information content (AvgIpc) is 3.23. The van der Waals surface area contributed by atoms with E-state index in [-0.39, 0.29) is 34.3 Å². The van der Waals surface area contributed by atoms with Crippen LogP contribution in [0.4, 0.5) is 34.1 Å². The summed E-state index contributed by atoms with van der Waals surface area (Å²) in [5.41, 5.74) is 20.6. The Bertz CT molecular complexity index is 2570. The molecule has 2 aliphatic heterocycles. The van der Waals surface area contributed by atoms with Crippen molar-refractivity contribution in [3.63, 3.8) is 0 Å². The summed E-state index contributed by atoms with van der Waals surface area (Å²) in [5.74, 6) is 0.0157. The second-order valence-electron chi connectivity index (χ2n) is 22.0. The summed E-state index contributed by atoms with van der Waals surface area (Å²) in [6.45, 7) is 27.9. The maximum absolute atomic E-state index is 2.58. The van der Waals surface area contributed by atoms with Gasteiger partial charge in [-0.1, -0.05) is 192 Å². The van der Waals surface area contributed by atoms with Crippen molar-refractivity contribution in [2.45, 2.75) is 111 Å². The van der Waals surface area contributed by atoms with Gasteiger partial charge in [-0.3, -0.25) is 0 Å². The van der Waals surface area contributed by atoms with Gasteiger partial charge in [-0.15, -0.1) is 0 Å². The molecule has 9 rings (SSSR count). The minimum atomic E-state index is -0.0225. The summed E-state index contributed by atoms with van der Waals surface area (Å²) in [5, 5.41) is 0. The number of anilines is 6. The molecule has 0 N–H and O–H groups in total. The van der Waals surface area contributed by atoms with Crippen LogP contribution in [0.5, 0.6) is 0 Å². The molecule has 0 atom stereocenters. The number of fused-ring (bicyclic) bond motifs is 4. The minimum Gasteiger partial charge on any atom is -0.311 e. The molecule has 7 aromatic carbocycles. The summed E-state index contributed by atoms with van der Waals surface area (Å²) >= 11 is 0. The van der Waals surface area contributed by atoms with Crippen molar-refractivity contribution >= 4 is 57.2 Å². The molecule has 62 heavy (non-hydrogen) atoms. The predicted molar refractivity (Wildman–Crippen MR) is 269 cm³/mol. The first-order valence-electron chi connectivity index (χ1n) is 22.7. The fourth-order valence-corrected chi connectivity index (χ4v) is 9.77. The van der Waals surface area contributed by atoms with Crippen molar-refractivity contribution in [2.24, 2.45) is 0 Å². The maximum atomic E-state index is 2.58. The highest BCUT2D eigenvalue weighted by molar-refractivity contribution is 7.00. The zero-order valence-corrected chi connectivity index (χ0v) is 39.1. The van der Waals surface area contributed by atoms with Gasteiger partial charge in [0.05, 0.1) is 0 Å². The first-order valence-corrected chi connectivity index (χ1v) is 22.7. The van der Waals surface area contributed by atoms with E-state index in [2.05, 4.69) is 251 Å². The van der Waals surface area contributed by atoms with Crippen molar-refractivity contribution < 1.29 is 0 Å². The molecule has 3 heteroatoms. The number of rotatable bonds is 5. The molecule has 0 saturated heterocycles. The first-order chi connectivity index (χ1) is 29.3. The Morgan fingerprint density at radius 2 is 0.677 bits per heavy atom. The maximum Gasteiger partial charge on any atom is 0.252 e. The fraction of sp³-hybridized carbons (Fsp3) is 0.288. The minimum absolute atomic E-state index is 0.0157.